The maximum absolute atomic E-state index is 14.1. The normalized spacial score (nSPS) is 11.6. The van der Waals surface area contributed by atoms with Gasteiger partial charge < -0.3 is 20.1 Å². The summed E-state index contributed by atoms with van der Waals surface area (Å²) in [6.45, 7) is 0.710. The molecule has 0 amide bonds. The fourth-order valence-corrected chi connectivity index (χ4v) is 6.10. The average molecular weight is 929 g/mol. The number of hydrogen-bond acceptors (Lipinski definition) is 12. The van der Waals surface area contributed by atoms with Crippen molar-refractivity contribution in [2.75, 3.05) is 23.7 Å². The van der Waals surface area contributed by atoms with Gasteiger partial charge in [0, 0.05) is 31.4 Å². The van der Waals surface area contributed by atoms with Crippen LogP contribution in [0.25, 0.3) is 21.8 Å². The van der Waals surface area contributed by atoms with Gasteiger partial charge in [0.05, 0.1) is 10.8 Å². The van der Waals surface area contributed by atoms with Crippen molar-refractivity contribution in [2.24, 2.45) is 0 Å². The number of alkyl halides is 6. The summed E-state index contributed by atoms with van der Waals surface area (Å²) in [4.78, 5) is 28.5. The number of benzene rings is 4. The van der Waals surface area contributed by atoms with Gasteiger partial charge in [-0.2, -0.15) is 36.3 Å². The largest absolute Gasteiger partial charge is 0.451 e. The van der Waals surface area contributed by atoms with Gasteiger partial charge in [0.25, 0.3) is 0 Å². The monoisotopic (exact) mass is 928 g/mol. The molecule has 23 heteroatoms. The Bertz CT molecular complexity index is 2950. The number of hydrogen-bond donors (Lipinski definition) is 2. The van der Waals surface area contributed by atoms with Gasteiger partial charge in [-0.3, -0.25) is 0 Å². The summed E-state index contributed by atoms with van der Waals surface area (Å²) in [5, 5.41) is 5.46. The first-order chi connectivity index (χ1) is 31.0. The minimum atomic E-state index is -4.76. The number of fused-ring (bicyclic) bond motifs is 2. The lowest BCUT2D eigenvalue weighted by Crippen LogP contribution is -2.11. The van der Waals surface area contributed by atoms with E-state index in [1.165, 1.54) is 6.07 Å². The number of rotatable bonds is 12. The SMILES string of the molecule is Fc1ccc(F)c2c(NCCc3ccc(Oc4cc(Cl)nc(C(F)(F)F)n4)cc3)ncnc12.Fc1ccc(F)c2c(NCCc3ccc(Oc4ccnc(C(F)(F)F)n4)cc3)ncnc12. The van der Waals surface area contributed by atoms with Crippen LogP contribution in [-0.4, -0.2) is 53.0 Å². The number of nitrogens with zero attached hydrogens (tertiary/aromatic N) is 8. The zero-order valence-electron chi connectivity index (χ0n) is 32.7. The molecule has 8 rings (SSSR count). The zero-order chi connectivity index (χ0) is 46.3. The highest BCUT2D eigenvalue weighted by molar-refractivity contribution is 6.29. The number of ether oxygens (including phenoxy) is 2. The number of aromatic nitrogens is 8. The number of halogens is 11. The molecule has 334 valence electrons. The van der Waals surface area contributed by atoms with Crippen molar-refractivity contribution in [3.63, 3.8) is 0 Å². The summed E-state index contributed by atoms with van der Waals surface area (Å²) in [6, 6.07) is 19.4. The molecule has 0 fully saturated rings. The molecule has 0 saturated carbocycles. The van der Waals surface area contributed by atoms with Gasteiger partial charge in [-0.05, 0) is 72.5 Å². The second-order valence-electron chi connectivity index (χ2n) is 13.4. The molecule has 4 aromatic carbocycles. The van der Waals surface area contributed by atoms with E-state index in [1.54, 1.807) is 48.5 Å². The van der Waals surface area contributed by atoms with Crippen LogP contribution in [-0.2, 0) is 25.2 Å². The molecule has 0 radical (unpaired) electrons. The van der Waals surface area contributed by atoms with Crippen molar-refractivity contribution >= 4 is 45.0 Å². The Morgan fingerprint density at radius 1 is 0.492 bits per heavy atom. The summed E-state index contributed by atoms with van der Waals surface area (Å²) in [5.74, 6) is -4.95. The van der Waals surface area contributed by atoms with Crippen LogP contribution >= 0.6 is 11.6 Å². The van der Waals surface area contributed by atoms with Crippen molar-refractivity contribution in [1.82, 2.24) is 39.9 Å². The molecule has 4 aromatic heterocycles. The highest BCUT2D eigenvalue weighted by Gasteiger charge is 2.36. The molecule has 8 aromatic rings. The van der Waals surface area contributed by atoms with Gasteiger partial charge >= 0.3 is 12.4 Å². The molecule has 12 nitrogen and oxygen atoms in total. The lowest BCUT2D eigenvalue weighted by Gasteiger charge is -2.11. The third-order valence-electron chi connectivity index (χ3n) is 8.89. The van der Waals surface area contributed by atoms with Crippen LogP contribution in [0.3, 0.4) is 0 Å². The molecular formula is C42H27ClF10N10O2. The number of nitrogens with one attached hydrogen (secondary N) is 2. The maximum atomic E-state index is 14.1. The van der Waals surface area contributed by atoms with Crippen LogP contribution in [0.5, 0.6) is 23.3 Å². The second-order valence-corrected chi connectivity index (χ2v) is 13.7. The van der Waals surface area contributed by atoms with Crippen molar-refractivity contribution in [2.45, 2.75) is 25.2 Å². The van der Waals surface area contributed by atoms with Crippen molar-refractivity contribution in [3.8, 4) is 23.3 Å². The van der Waals surface area contributed by atoms with E-state index < -0.39 is 52.4 Å². The molecule has 0 spiro atoms. The van der Waals surface area contributed by atoms with E-state index in [2.05, 4.69) is 50.5 Å². The highest BCUT2D eigenvalue weighted by atomic mass is 35.5. The molecule has 4 heterocycles. The summed E-state index contributed by atoms with van der Waals surface area (Å²) in [6.07, 6.45) is -5.17. The van der Waals surface area contributed by atoms with Crippen molar-refractivity contribution < 1.29 is 53.4 Å². The van der Waals surface area contributed by atoms with Crippen LogP contribution in [0.15, 0.2) is 104 Å². The quantitative estimate of drug-likeness (QED) is 0.0888. The lowest BCUT2D eigenvalue weighted by molar-refractivity contribution is -0.145. The van der Waals surface area contributed by atoms with Gasteiger partial charge in [0.1, 0.15) is 75.2 Å². The Hall–Kier alpha value is -7.49. The predicted octanol–water partition coefficient (Wildman–Crippen LogP) is 11.0. The highest BCUT2D eigenvalue weighted by Crippen LogP contribution is 2.32. The van der Waals surface area contributed by atoms with Crippen molar-refractivity contribution in [3.05, 3.63) is 155 Å². The van der Waals surface area contributed by atoms with E-state index in [1.807, 2.05) is 0 Å². The Kier molecular flexibility index (Phi) is 13.7. The molecule has 0 aliphatic carbocycles. The summed E-state index contributed by atoms with van der Waals surface area (Å²) < 4.78 is 143. The van der Waals surface area contributed by atoms with Gasteiger partial charge in [0.2, 0.25) is 23.4 Å². The smallest absolute Gasteiger partial charge is 0.439 e. The Labute approximate surface area is 364 Å². The number of anilines is 2. The van der Waals surface area contributed by atoms with Gasteiger partial charge in [0.15, 0.2) is 0 Å². The Balaban J connectivity index is 0.000000194. The fourth-order valence-electron chi connectivity index (χ4n) is 5.92. The van der Waals surface area contributed by atoms with E-state index in [0.29, 0.717) is 31.7 Å². The third kappa shape index (κ3) is 11.6. The maximum Gasteiger partial charge on any atom is 0.451 e. The first-order valence-corrected chi connectivity index (χ1v) is 19.1. The molecule has 0 aliphatic rings. The predicted molar refractivity (Wildman–Crippen MR) is 215 cm³/mol. The summed E-state index contributed by atoms with van der Waals surface area (Å²) in [5.41, 5.74) is 1.49. The molecule has 65 heavy (non-hydrogen) atoms. The summed E-state index contributed by atoms with van der Waals surface area (Å²) >= 11 is 5.62. The molecule has 0 bridgehead atoms. The first-order valence-electron chi connectivity index (χ1n) is 18.7. The first kappa shape index (κ1) is 45.5. The fraction of sp³-hybridized carbons (Fsp3) is 0.143. The molecular weight excluding hydrogens is 902 g/mol. The van der Waals surface area contributed by atoms with Crippen molar-refractivity contribution in [1.29, 1.82) is 0 Å². The van der Waals surface area contributed by atoms with Crippen LogP contribution in [0.1, 0.15) is 22.8 Å². The molecule has 0 aliphatic heterocycles. The molecule has 0 atom stereocenters. The van der Waals surface area contributed by atoms with Crippen LogP contribution in [0.2, 0.25) is 5.15 Å². The van der Waals surface area contributed by atoms with Crippen LogP contribution in [0, 0.1) is 23.3 Å². The van der Waals surface area contributed by atoms with Gasteiger partial charge in [-0.1, -0.05) is 35.9 Å². The Morgan fingerprint density at radius 3 is 1.42 bits per heavy atom. The Morgan fingerprint density at radius 2 is 0.938 bits per heavy atom. The molecule has 2 N–H and O–H groups in total. The third-order valence-corrected chi connectivity index (χ3v) is 9.08. The lowest BCUT2D eigenvalue weighted by atomic mass is 10.1. The van der Waals surface area contributed by atoms with Crippen LogP contribution in [0.4, 0.5) is 55.5 Å². The van der Waals surface area contributed by atoms with E-state index in [9.17, 15) is 43.9 Å². The zero-order valence-corrected chi connectivity index (χ0v) is 33.5. The van der Waals surface area contributed by atoms with Crippen LogP contribution < -0.4 is 20.1 Å². The average Bonchev–Trinajstić information content (AvgIpc) is 3.27. The van der Waals surface area contributed by atoms with Gasteiger partial charge in [-0.25, -0.2) is 47.5 Å². The standard InChI is InChI=1S/C21H13ClF5N5O.C21H14F5N5O/c22-15-9-16(32-20(31-15)21(25,26)27)33-12-3-1-11(2-4-12)7-8-28-19-17-13(23)5-6-14(24)18(17)29-10-30-19;22-14-5-6-15(23)18-17(14)19(30-11-29-18)27-9-7-12-1-3-13(4-2-12)32-16-8-10-28-20(31-16)21(24,25)26/h1-6,9-10H,7-8H2,(H,28,29,30);1-6,8,10-11H,7,9H2,(H,27,29,30). The topological polar surface area (TPSA) is 146 Å². The minimum Gasteiger partial charge on any atom is -0.439 e. The second kappa shape index (κ2) is 19.5. The van der Waals surface area contributed by atoms with E-state index in [-0.39, 0.29) is 51.0 Å². The molecule has 0 unspecified atom stereocenters. The van der Waals surface area contributed by atoms with E-state index in [4.69, 9.17) is 21.1 Å². The van der Waals surface area contributed by atoms with E-state index in [0.717, 1.165) is 60.3 Å². The van der Waals surface area contributed by atoms with Gasteiger partial charge in [-0.15, -0.1) is 0 Å². The van der Waals surface area contributed by atoms with E-state index >= 15 is 0 Å². The molecule has 0 saturated heterocycles. The minimum absolute atomic E-state index is 0.0284. The summed E-state index contributed by atoms with van der Waals surface area (Å²) in [7, 11) is 0.